The summed E-state index contributed by atoms with van der Waals surface area (Å²) in [5.74, 6) is 0.123. The monoisotopic (exact) mass is 280 g/mol. The summed E-state index contributed by atoms with van der Waals surface area (Å²) in [5.41, 5.74) is 0.526. The minimum atomic E-state index is -0.584. The van der Waals surface area contributed by atoms with E-state index in [4.69, 9.17) is 0 Å². The van der Waals surface area contributed by atoms with Crippen LogP contribution in [0.5, 0.6) is 0 Å². The molecule has 4 nitrogen and oxygen atoms in total. The highest BCUT2D eigenvalue weighted by atomic mass is 19.1. The zero-order chi connectivity index (χ0) is 14.5. The van der Waals surface area contributed by atoms with Gasteiger partial charge in [0.1, 0.15) is 23.8 Å². The van der Waals surface area contributed by atoms with Crippen LogP contribution in [0.2, 0.25) is 0 Å². The Morgan fingerprint density at radius 3 is 2.55 bits per heavy atom. The summed E-state index contributed by atoms with van der Waals surface area (Å²) in [7, 11) is 0. The summed E-state index contributed by atoms with van der Waals surface area (Å²) in [4.78, 5) is 4.16. The molecule has 6 heteroatoms. The molecule has 0 aliphatic rings. The third kappa shape index (κ3) is 4.09. The Morgan fingerprint density at radius 1 is 1.20 bits per heavy atom. The zero-order valence-corrected chi connectivity index (χ0v) is 11.6. The van der Waals surface area contributed by atoms with E-state index in [1.54, 1.807) is 4.68 Å². The topological polar surface area (TPSA) is 42.7 Å². The number of nitrogens with one attached hydrogen (secondary N) is 1. The molecule has 1 heterocycles. The molecule has 0 bridgehead atoms. The normalized spacial score (nSPS) is 11.2. The minimum Gasteiger partial charge on any atom is -0.310 e. The van der Waals surface area contributed by atoms with Crippen LogP contribution in [-0.4, -0.2) is 21.3 Å². The molecule has 0 fully saturated rings. The first kappa shape index (κ1) is 14.6. The first-order valence-corrected chi connectivity index (χ1v) is 6.57. The summed E-state index contributed by atoms with van der Waals surface area (Å²) in [6, 6.07) is 3.46. The maximum Gasteiger partial charge on any atom is 0.141 e. The van der Waals surface area contributed by atoms with Gasteiger partial charge in [-0.25, -0.2) is 18.4 Å². The molecule has 1 aromatic heterocycles. The molecule has 0 spiro atoms. The van der Waals surface area contributed by atoms with Gasteiger partial charge >= 0.3 is 0 Å². The van der Waals surface area contributed by atoms with Gasteiger partial charge in [0.2, 0.25) is 0 Å². The summed E-state index contributed by atoms with van der Waals surface area (Å²) in [5, 5.41) is 7.35. The number of benzene rings is 1. The molecule has 0 amide bonds. The SMILES string of the molecule is CC(C)CNCc1ncnn1Cc1cc(F)cc(F)c1. The van der Waals surface area contributed by atoms with Crippen LogP contribution >= 0.6 is 0 Å². The minimum absolute atomic E-state index is 0.299. The van der Waals surface area contributed by atoms with E-state index in [0.29, 0.717) is 24.6 Å². The fourth-order valence-corrected chi connectivity index (χ4v) is 1.90. The van der Waals surface area contributed by atoms with Gasteiger partial charge in [-0.1, -0.05) is 13.8 Å². The van der Waals surface area contributed by atoms with Crippen LogP contribution in [0.1, 0.15) is 25.2 Å². The highest BCUT2D eigenvalue weighted by molar-refractivity contribution is 5.18. The predicted octanol–water partition coefficient (Wildman–Crippen LogP) is 2.35. The Bertz CT molecular complexity index is 546. The van der Waals surface area contributed by atoms with Crippen molar-refractivity contribution in [3.05, 3.63) is 47.5 Å². The molecule has 1 N–H and O–H groups in total. The molecule has 0 unspecified atom stereocenters. The molecular formula is C14H18F2N4. The van der Waals surface area contributed by atoms with E-state index >= 15 is 0 Å². The molecular weight excluding hydrogens is 262 g/mol. The van der Waals surface area contributed by atoms with Gasteiger partial charge < -0.3 is 5.32 Å². The number of halogens is 2. The Kier molecular flexibility index (Phi) is 4.79. The Hall–Kier alpha value is -1.82. The van der Waals surface area contributed by atoms with Crippen molar-refractivity contribution in [1.29, 1.82) is 0 Å². The second-order valence-electron chi connectivity index (χ2n) is 5.14. The van der Waals surface area contributed by atoms with Crippen molar-refractivity contribution in [3.8, 4) is 0 Å². The smallest absolute Gasteiger partial charge is 0.141 e. The maximum absolute atomic E-state index is 13.2. The van der Waals surface area contributed by atoms with Crippen LogP contribution in [0.4, 0.5) is 8.78 Å². The molecule has 0 radical (unpaired) electrons. The van der Waals surface area contributed by atoms with E-state index < -0.39 is 11.6 Å². The van der Waals surface area contributed by atoms with Gasteiger partial charge in [0.15, 0.2) is 0 Å². The van der Waals surface area contributed by atoms with E-state index in [2.05, 4.69) is 29.2 Å². The number of hydrogen-bond donors (Lipinski definition) is 1. The van der Waals surface area contributed by atoms with Crippen LogP contribution < -0.4 is 5.32 Å². The maximum atomic E-state index is 13.2. The zero-order valence-electron chi connectivity index (χ0n) is 11.6. The van der Waals surface area contributed by atoms with Crippen molar-refractivity contribution in [2.24, 2.45) is 5.92 Å². The Labute approximate surface area is 116 Å². The van der Waals surface area contributed by atoms with Crippen LogP contribution in [-0.2, 0) is 13.1 Å². The van der Waals surface area contributed by atoms with Crippen molar-refractivity contribution in [3.63, 3.8) is 0 Å². The first-order chi connectivity index (χ1) is 9.54. The largest absolute Gasteiger partial charge is 0.310 e. The molecule has 2 aromatic rings. The molecule has 0 saturated heterocycles. The van der Waals surface area contributed by atoms with Gasteiger partial charge in [0, 0.05) is 6.07 Å². The third-order valence-corrected chi connectivity index (χ3v) is 2.79. The lowest BCUT2D eigenvalue weighted by Gasteiger charge is -2.09. The Balaban J connectivity index is 2.04. The fraction of sp³-hybridized carbons (Fsp3) is 0.429. The second-order valence-corrected chi connectivity index (χ2v) is 5.14. The number of rotatable bonds is 6. The van der Waals surface area contributed by atoms with Crippen LogP contribution in [0.15, 0.2) is 24.5 Å². The van der Waals surface area contributed by atoms with Crippen LogP contribution in [0.25, 0.3) is 0 Å². The van der Waals surface area contributed by atoms with Crippen molar-refractivity contribution < 1.29 is 8.78 Å². The molecule has 1 aromatic carbocycles. The van der Waals surface area contributed by atoms with Crippen molar-refractivity contribution in [2.45, 2.75) is 26.9 Å². The van der Waals surface area contributed by atoms with E-state index in [1.807, 2.05) is 0 Å². The lowest BCUT2D eigenvalue weighted by molar-refractivity contribution is 0.521. The first-order valence-electron chi connectivity index (χ1n) is 6.57. The quantitative estimate of drug-likeness (QED) is 0.883. The standard InChI is InChI=1S/C14H18F2N4/c1-10(2)6-17-7-14-18-9-19-20(14)8-11-3-12(15)5-13(16)4-11/h3-5,9-10,17H,6-8H2,1-2H3. The van der Waals surface area contributed by atoms with Gasteiger partial charge in [-0.05, 0) is 30.2 Å². The van der Waals surface area contributed by atoms with Crippen molar-refractivity contribution in [1.82, 2.24) is 20.1 Å². The molecule has 0 saturated carbocycles. The Morgan fingerprint density at radius 2 is 1.90 bits per heavy atom. The average Bonchev–Trinajstić information content (AvgIpc) is 2.75. The van der Waals surface area contributed by atoms with Crippen LogP contribution in [0, 0.1) is 17.6 Å². The molecule has 20 heavy (non-hydrogen) atoms. The van der Waals surface area contributed by atoms with Crippen molar-refractivity contribution >= 4 is 0 Å². The summed E-state index contributed by atoms with van der Waals surface area (Å²) < 4.78 is 27.9. The molecule has 2 rings (SSSR count). The molecule has 108 valence electrons. The summed E-state index contributed by atoms with van der Waals surface area (Å²) in [6.45, 7) is 5.99. The average molecular weight is 280 g/mol. The number of aromatic nitrogens is 3. The van der Waals surface area contributed by atoms with E-state index in [1.165, 1.54) is 18.5 Å². The molecule has 0 aliphatic carbocycles. The highest BCUT2D eigenvalue weighted by Crippen LogP contribution is 2.10. The summed E-state index contributed by atoms with van der Waals surface area (Å²) >= 11 is 0. The van der Waals surface area contributed by atoms with Gasteiger partial charge in [0.05, 0.1) is 13.1 Å². The fourth-order valence-electron chi connectivity index (χ4n) is 1.90. The number of hydrogen-bond acceptors (Lipinski definition) is 3. The third-order valence-electron chi connectivity index (χ3n) is 2.79. The predicted molar refractivity (Wildman–Crippen MR) is 72.0 cm³/mol. The van der Waals surface area contributed by atoms with Gasteiger partial charge in [0.25, 0.3) is 0 Å². The van der Waals surface area contributed by atoms with Gasteiger partial charge in [-0.15, -0.1) is 0 Å². The lowest BCUT2D eigenvalue weighted by atomic mass is 10.2. The molecule has 0 atom stereocenters. The van der Waals surface area contributed by atoms with Crippen molar-refractivity contribution in [2.75, 3.05) is 6.54 Å². The van der Waals surface area contributed by atoms with Crippen LogP contribution in [0.3, 0.4) is 0 Å². The van der Waals surface area contributed by atoms with E-state index in [-0.39, 0.29) is 0 Å². The van der Waals surface area contributed by atoms with Gasteiger partial charge in [-0.2, -0.15) is 5.10 Å². The van der Waals surface area contributed by atoms with E-state index in [0.717, 1.165) is 18.4 Å². The summed E-state index contributed by atoms with van der Waals surface area (Å²) in [6.07, 6.45) is 1.45. The van der Waals surface area contributed by atoms with E-state index in [9.17, 15) is 8.78 Å². The second kappa shape index (κ2) is 6.56. The highest BCUT2D eigenvalue weighted by Gasteiger charge is 2.07. The molecule has 0 aliphatic heterocycles. The van der Waals surface area contributed by atoms with Gasteiger partial charge in [-0.3, -0.25) is 0 Å². The number of nitrogens with zero attached hydrogens (tertiary/aromatic N) is 3. The lowest BCUT2D eigenvalue weighted by Crippen LogP contribution is -2.22.